The van der Waals surface area contributed by atoms with Gasteiger partial charge in [0.1, 0.15) is 0 Å². The lowest BCUT2D eigenvalue weighted by Crippen LogP contribution is -3.00. The minimum atomic E-state index is 0. The van der Waals surface area contributed by atoms with E-state index < -0.39 is 0 Å². The Morgan fingerprint density at radius 2 is 2.00 bits per heavy atom. The maximum atomic E-state index is 2.45. The molecule has 0 amide bonds. The number of rotatable bonds is 2. The predicted octanol–water partition coefficient (Wildman–Crippen LogP) is -0.947. The molecule has 0 aromatic heterocycles. The van der Waals surface area contributed by atoms with Crippen molar-refractivity contribution in [1.29, 1.82) is 0 Å². The first-order valence-electron chi connectivity index (χ1n) is 4.45. The summed E-state index contributed by atoms with van der Waals surface area (Å²) in [6.45, 7) is 3.53. The van der Waals surface area contributed by atoms with Crippen molar-refractivity contribution >= 4 is 0 Å². The third-order valence-corrected chi connectivity index (χ3v) is 2.21. The van der Waals surface area contributed by atoms with E-state index in [0.717, 1.165) is 10.4 Å². The molecule has 1 aliphatic rings. The van der Waals surface area contributed by atoms with E-state index in [1.54, 1.807) is 5.57 Å². The average molecular weight is 281 g/mol. The molecule has 1 atom stereocenters. The van der Waals surface area contributed by atoms with Crippen LogP contribution in [0.3, 0.4) is 0 Å². The number of hydrogen-bond donors (Lipinski definition) is 0. The summed E-state index contributed by atoms with van der Waals surface area (Å²) in [5.74, 6) is 0.843. The highest BCUT2D eigenvalue weighted by molar-refractivity contribution is 5.07. The summed E-state index contributed by atoms with van der Waals surface area (Å²) >= 11 is 0. The molecule has 0 fully saturated rings. The van der Waals surface area contributed by atoms with Crippen LogP contribution >= 0.6 is 0 Å². The van der Waals surface area contributed by atoms with Gasteiger partial charge in [0, 0.05) is 5.92 Å². The molecule has 1 rings (SSSR count). The van der Waals surface area contributed by atoms with Gasteiger partial charge in [0.25, 0.3) is 0 Å². The Labute approximate surface area is 93.4 Å². The van der Waals surface area contributed by atoms with Crippen LogP contribution in [0.5, 0.6) is 0 Å². The lowest BCUT2D eigenvalue weighted by Gasteiger charge is -2.26. The van der Waals surface area contributed by atoms with E-state index in [0.29, 0.717) is 0 Å². The number of hydrogen-bond acceptors (Lipinski definition) is 0. The molecular weight excluding hydrogens is 261 g/mol. The smallest absolute Gasteiger partial charge is 0.0844 e. The zero-order valence-electron chi connectivity index (χ0n) is 8.60. The predicted molar refractivity (Wildman–Crippen MR) is 49.4 cm³/mol. The Morgan fingerprint density at radius 1 is 1.42 bits per heavy atom. The van der Waals surface area contributed by atoms with Gasteiger partial charge >= 0.3 is 0 Å². The van der Waals surface area contributed by atoms with Gasteiger partial charge in [-0.3, -0.25) is 0 Å². The van der Waals surface area contributed by atoms with Gasteiger partial charge in [-0.2, -0.15) is 0 Å². The van der Waals surface area contributed by atoms with Gasteiger partial charge in [0.15, 0.2) is 0 Å². The van der Waals surface area contributed by atoms with Crippen molar-refractivity contribution in [2.45, 2.75) is 19.8 Å². The van der Waals surface area contributed by atoms with Gasteiger partial charge in [0.2, 0.25) is 0 Å². The second-order valence-corrected chi connectivity index (χ2v) is 4.78. The molecule has 0 aromatic rings. The number of halogens is 1. The molecule has 72 valence electrons. The second kappa shape index (κ2) is 4.61. The number of quaternary nitrogens is 1. The van der Waals surface area contributed by atoms with E-state index in [2.05, 4.69) is 34.1 Å². The minimum Gasteiger partial charge on any atom is -1.00 e. The second-order valence-electron chi connectivity index (χ2n) is 4.78. The van der Waals surface area contributed by atoms with Crippen molar-refractivity contribution in [2.75, 3.05) is 27.7 Å². The quantitative estimate of drug-likeness (QED) is 0.348. The molecular formula is C10H20IN. The van der Waals surface area contributed by atoms with Crippen LogP contribution in [0.4, 0.5) is 0 Å². The van der Waals surface area contributed by atoms with Gasteiger partial charge in [-0.05, 0) is 19.8 Å². The molecule has 0 saturated carbocycles. The van der Waals surface area contributed by atoms with E-state index >= 15 is 0 Å². The zero-order valence-corrected chi connectivity index (χ0v) is 10.8. The highest BCUT2D eigenvalue weighted by atomic mass is 127. The summed E-state index contributed by atoms with van der Waals surface area (Å²) in [4.78, 5) is 0. The van der Waals surface area contributed by atoms with Crippen LogP contribution in [0, 0.1) is 5.92 Å². The van der Waals surface area contributed by atoms with Gasteiger partial charge in [-0.25, -0.2) is 0 Å². The van der Waals surface area contributed by atoms with E-state index in [1.807, 2.05) is 0 Å². The third kappa shape index (κ3) is 4.45. The summed E-state index contributed by atoms with van der Waals surface area (Å²) < 4.78 is 1.09. The third-order valence-electron chi connectivity index (χ3n) is 2.21. The Balaban J connectivity index is 0.00000121. The van der Waals surface area contributed by atoms with Crippen LogP contribution in [-0.2, 0) is 0 Å². The van der Waals surface area contributed by atoms with Crippen molar-refractivity contribution in [3.05, 3.63) is 11.6 Å². The molecule has 0 saturated heterocycles. The summed E-state index contributed by atoms with van der Waals surface area (Å²) in [7, 11) is 6.80. The lowest BCUT2D eigenvalue weighted by atomic mass is 10.1. The maximum Gasteiger partial charge on any atom is 0.0844 e. The first kappa shape index (κ1) is 12.4. The number of nitrogens with zero attached hydrogens (tertiary/aromatic N) is 1. The fraction of sp³-hybridized carbons (Fsp3) is 0.800. The van der Waals surface area contributed by atoms with Crippen molar-refractivity contribution in [1.82, 2.24) is 0 Å². The molecule has 0 radical (unpaired) electrons. The molecule has 0 spiro atoms. The largest absolute Gasteiger partial charge is 1.00 e. The molecule has 0 N–H and O–H groups in total. The Morgan fingerprint density at radius 3 is 2.33 bits per heavy atom. The Bertz CT molecular complexity index is 167. The van der Waals surface area contributed by atoms with Crippen LogP contribution in [0.25, 0.3) is 0 Å². The fourth-order valence-corrected chi connectivity index (χ4v) is 1.83. The fourth-order valence-electron chi connectivity index (χ4n) is 1.83. The molecule has 0 heterocycles. The molecule has 1 aliphatic carbocycles. The van der Waals surface area contributed by atoms with E-state index in [9.17, 15) is 0 Å². The SMILES string of the molecule is CC1=CC(C[N+](C)(C)C)CC1.[I-]. The van der Waals surface area contributed by atoms with Crippen LogP contribution in [0.2, 0.25) is 0 Å². The molecule has 12 heavy (non-hydrogen) atoms. The summed E-state index contributed by atoms with van der Waals surface area (Å²) in [6, 6.07) is 0. The maximum absolute atomic E-state index is 2.45. The van der Waals surface area contributed by atoms with Crippen molar-refractivity contribution in [2.24, 2.45) is 5.92 Å². The highest BCUT2D eigenvalue weighted by Gasteiger charge is 2.19. The topological polar surface area (TPSA) is 0 Å². The first-order valence-corrected chi connectivity index (χ1v) is 4.45. The van der Waals surface area contributed by atoms with Crippen LogP contribution < -0.4 is 24.0 Å². The Kier molecular flexibility index (Phi) is 4.77. The van der Waals surface area contributed by atoms with Gasteiger partial charge in [-0.1, -0.05) is 11.6 Å². The lowest BCUT2D eigenvalue weighted by molar-refractivity contribution is -0.873. The molecule has 2 heteroatoms. The summed E-state index contributed by atoms with van der Waals surface area (Å²) in [5.41, 5.74) is 1.59. The van der Waals surface area contributed by atoms with E-state index in [4.69, 9.17) is 0 Å². The molecule has 1 nitrogen and oxygen atoms in total. The summed E-state index contributed by atoms with van der Waals surface area (Å²) in [5, 5.41) is 0. The van der Waals surface area contributed by atoms with Crippen LogP contribution in [0.15, 0.2) is 11.6 Å². The molecule has 0 aromatic carbocycles. The van der Waals surface area contributed by atoms with E-state index in [-0.39, 0.29) is 24.0 Å². The average Bonchev–Trinajstić information content (AvgIpc) is 2.10. The normalized spacial score (nSPS) is 23.3. The monoisotopic (exact) mass is 281 g/mol. The van der Waals surface area contributed by atoms with Gasteiger partial charge in [0.05, 0.1) is 27.7 Å². The minimum absolute atomic E-state index is 0. The van der Waals surface area contributed by atoms with Crippen molar-refractivity contribution in [3.8, 4) is 0 Å². The standard InChI is InChI=1S/C10H20N.HI/c1-9-5-6-10(7-9)8-11(2,3)4;/h7,10H,5-6,8H2,1-4H3;1H/q+1;/p-1. The van der Waals surface area contributed by atoms with Gasteiger partial charge in [-0.15, -0.1) is 0 Å². The molecule has 0 bridgehead atoms. The molecule has 1 unspecified atom stereocenters. The van der Waals surface area contributed by atoms with Crippen LogP contribution in [0.1, 0.15) is 19.8 Å². The van der Waals surface area contributed by atoms with Crippen molar-refractivity contribution < 1.29 is 28.5 Å². The van der Waals surface area contributed by atoms with Crippen molar-refractivity contribution in [3.63, 3.8) is 0 Å². The highest BCUT2D eigenvalue weighted by Crippen LogP contribution is 2.24. The van der Waals surface area contributed by atoms with E-state index in [1.165, 1.54) is 19.4 Å². The first-order chi connectivity index (χ1) is 4.97. The summed E-state index contributed by atoms with van der Waals surface area (Å²) in [6.07, 6.45) is 5.15. The number of allylic oxidation sites excluding steroid dienone is 1. The van der Waals surface area contributed by atoms with Crippen LogP contribution in [-0.4, -0.2) is 32.2 Å². The zero-order chi connectivity index (χ0) is 8.48. The molecule has 0 aliphatic heterocycles. The van der Waals surface area contributed by atoms with Gasteiger partial charge < -0.3 is 28.5 Å². The Hall–Kier alpha value is 0.430.